The number of nitrogens with two attached hydrogens (primary N) is 1. The quantitative estimate of drug-likeness (QED) is 0.639. The number of Topliss-reactive ketones (excluding diaryl/α,β-unsaturated/α-hetero) is 1. The van der Waals surface area contributed by atoms with Crippen molar-refractivity contribution < 1.29 is 9.53 Å². The Kier molecular flexibility index (Phi) is 4.14. The van der Waals surface area contributed by atoms with Crippen LogP contribution in [-0.2, 0) is 9.53 Å². The van der Waals surface area contributed by atoms with Crippen LogP contribution < -0.4 is 5.73 Å². The van der Waals surface area contributed by atoms with Gasteiger partial charge >= 0.3 is 0 Å². The molecule has 0 aliphatic heterocycles. The van der Waals surface area contributed by atoms with E-state index >= 15 is 0 Å². The van der Waals surface area contributed by atoms with Gasteiger partial charge in [-0.2, -0.15) is 0 Å². The number of allylic oxidation sites excluding steroid dienone is 5. The van der Waals surface area contributed by atoms with Crippen molar-refractivity contribution in [2.45, 2.75) is 71.9 Å². The Morgan fingerprint density at radius 2 is 1.93 bits per heavy atom. The van der Waals surface area contributed by atoms with E-state index in [1.54, 1.807) is 0 Å². The highest BCUT2D eigenvalue weighted by Gasteiger charge is 2.68. The molecule has 2 N–H and O–H groups in total. The monoisotopic (exact) mass is 393 g/mol. The van der Waals surface area contributed by atoms with Gasteiger partial charge in [0.15, 0.2) is 5.78 Å². The topological polar surface area (TPSA) is 52.3 Å². The summed E-state index contributed by atoms with van der Waals surface area (Å²) in [6.45, 7) is 13.2. The normalized spacial score (nSPS) is 45.8. The van der Waals surface area contributed by atoms with Crippen molar-refractivity contribution >= 4 is 5.78 Å². The lowest BCUT2D eigenvalue weighted by Crippen LogP contribution is -2.53. The predicted molar refractivity (Wildman–Crippen MR) is 116 cm³/mol. The Hall–Kier alpha value is -1.61. The van der Waals surface area contributed by atoms with Crippen LogP contribution in [0.1, 0.15) is 59.8 Å². The smallest absolute Gasteiger partial charge is 0.174 e. The van der Waals surface area contributed by atoms with Gasteiger partial charge in [-0.3, -0.25) is 4.79 Å². The molecule has 7 unspecified atom stereocenters. The molecule has 2 bridgehead atoms. The largest absolute Gasteiger partial charge is 0.493 e. The van der Waals surface area contributed by atoms with E-state index in [-0.39, 0.29) is 23.5 Å². The van der Waals surface area contributed by atoms with Crippen LogP contribution in [0.5, 0.6) is 0 Å². The van der Waals surface area contributed by atoms with Gasteiger partial charge in [0.1, 0.15) is 5.76 Å². The maximum atomic E-state index is 14.3. The third kappa shape index (κ3) is 2.37. The molecule has 0 spiro atoms. The van der Waals surface area contributed by atoms with Gasteiger partial charge < -0.3 is 10.5 Å². The molecular formula is C26H35NO2. The molecule has 0 aromatic carbocycles. The van der Waals surface area contributed by atoms with Gasteiger partial charge in [-0.05, 0) is 61.3 Å². The van der Waals surface area contributed by atoms with Gasteiger partial charge in [0.05, 0.1) is 17.1 Å². The fourth-order valence-electron chi connectivity index (χ4n) is 6.68. The zero-order chi connectivity index (χ0) is 20.7. The second-order valence-electron chi connectivity index (χ2n) is 10.3. The Morgan fingerprint density at radius 3 is 2.45 bits per heavy atom. The highest BCUT2D eigenvalue weighted by Crippen LogP contribution is 2.69. The van der Waals surface area contributed by atoms with Crippen LogP contribution >= 0.6 is 0 Å². The average Bonchev–Trinajstić information content (AvgIpc) is 3.61. The Labute approximate surface area is 175 Å². The van der Waals surface area contributed by atoms with Gasteiger partial charge in [0, 0.05) is 11.5 Å². The highest BCUT2D eigenvalue weighted by molar-refractivity contribution is 6.09. The van der Waals surface area contributed by atoms with E-state index in [4.69, 9.17) is 10.5 Å². The van der Waals surface area contributed by atoms with Crippen molar-refractivity contribution in [1.29, 1.82) is 0 Å². The average molecular weight is 394 g/mol. The number of hydrogen-bond acceptors (Lipinski definition) is 3. The SMILES string of the molecule is C=C1CC1C1(CC)C(=O)C(C2=CC3C(C)C(C=C2)C3N)=C(OC2CC2)C1(C)CC. The first kappa shape index (κ1) is 19.4. The first-order valence-electron chi connectivity index (χ1n) is 11.6. The molecule has 3 nitrogen and oxygen atoms in total. The molecule has 6 rings (SSSR count). The molecule has 3 fully saturated rings. The molecule has 0 aromatic heterocycles. The summed E-state index contributed by atoms with van der Waals surface area (Å²) in [5, 5.41) is 0. The lowest BCUT2D eigenvalue weighted by molar-refractivity contribution is -0.131. The Morgan fingerprint density at radius 1 is 1.24 bits per heavy atom. The van der Waals surface area contributed by atoms with Gasteiger partial charge in [0.2, 0.25) is 0 Å². The molecule has 7 atom stereocenters. The number of carbonyl (C=O) groups excluding carboxylic acids is 1. The van der Waals surface area contributed by atoms with E-state index in [0.29, 0.717) is 23.5 Å². The number of rotatable bonds is 6. The lowest BCUT2D eigenvalue weighted by atomic mass is 9.59. The van der Waals surface area contributed by atoms with Gasteiger partial charge in [-0.25, -0.2) is 0 Å². The van der Waals surface area contributed by atoms with Crippen molar-refractivity contribution in [2.75, 3.05) is 0 Å². The Bertz CT molecular complexity index is 865. The van der Waals surface area contributed by atoms with Crippen molar-refractivity contribution in [3.05, 3.63) is 47.3 Å². The summed E-state index contributed by atoms with van der Waals surface area (Å²) >= 11 is 0. The van der Waals surface area contributed by atoms with E-state index in [2.05, 4.69) is 52.5 Å². The van der Waals surface area contributed by atoms with Crippen molar-refractivity contribution in [3.8, 4) is 0 Å². The number of hydrogen-bond donors (Lipinski definition) is 1. The van der Waals surface area contributed by atoms with Crippen LogP contribution in [0.15, 0.2) is 47.3 Å². The fraction of sp³-hybridized carbons (Fsp3) is 0.654. The Balaban J connectivity index is 1.68. The van der Waals surface area contributed by atoms with Crippen LogP contribution in [-0.4, -0.2) is 17.9 Å². The molecule has 29 heavy (non-hydrogen) atoms. The van der Waals surface area contributed by atoms with Crippen LogP contribution in [0.4, 0.5) is 0 Å². The van der Waals surface area contributed by atoms with Gasteiger partial charge in [-0.15, -0.1) is 0 Å². The summed E-state index contributed by atoms with van der Waals surface area (Å²) < 4.78 is 6.60. The summed E-state index contributed by atoms with van der Waals surface area (Å²) in [4.78, 5) is 14.3. The van der Waals surface area contributed by atoms with E-state index in [1.165, 1.54) is 5.57 Å². The van der Waals surface area contributed by atoms with E-state index in [0.717, 1.165) is 49.0 Å². The minimum Gasteiger partial charge on any atom is -0.493 e. The van der Waals surface area contributed by atoms with Crippen molar-refractivity contribution in [3.63, 3.8) is 0 Å². The number of fused-ring (bicyclic) bond motifs is 1. The molecular weight excluding hydrogens is 358 g/mol. The van der Waals surface area contributed by atoms with E-state index in [9.17, 15) is 4.79 Å². The second-order valence-corrected chi connectivity index (χ2v) is 10.3. The fourth-order valence-corrected chi connectivity index (χ4v) is 6.68. The van der Waals surface area contributed by atoms with E-state index < -0.39 is 5.41 Å². The molecule has 0 amide bonds. The highest BCUT2D eigenvalue weighted by atomic mass is 16.5. The van der Waals surface area contributed by atoms with Crippen LogP contribution in [0.2, 0.25) is 0 Å². The number of ketones is 1. The third-order valence-corrected chi connectivity index (χ3v) is 9.07. The lowest BCUT2D eigenvalue weighted by Gasteiger charge is -2.45. The molecule has 3 saturated carbocycles. The standard InChI is InChI=1S/C26H35NO2/c1-6-25(5)24(29-17-9-10-17)21(23(28)26(25,7-2)20-12-14(20)3)16-8-11-18-15(4)19(13-16)22(18)27/h8,11,13,15,17-20,22H,3,6-7,9-10,12,27H2,1-2,4-5H3. The molecule has 6 aliphatic carbocycles. The van der Waals surface area contributed by atoms with Crippen LogP contribution in [0.25, 0.3) is 0 Å². The molecule has 0 heterocycles. The minimum absolute atomic E-state index is 0.167. The second kappa shape index (κ2) is 6.20. The summed E-state index contributed by atoms with van der Waals surface area (Å²) in [6, 6.07) is 0.167. The number of ether oxygens (including phenoxy) is 1. The molecule has 156 valence electrons. The maximum Gasteiger partial charge on any atom is 0.174 e. The van der Waals surface area contributed by atoms with Crippen LogP contribution in [0, 0.1) is 34.5 Å². The minimum atomic E-state index is -0.421. The first-order chi connectivity index (χ1) is 13.8. The molecule has 6 aliphatic rings. The zero-order valence-corrected chi connectivity index (χ0v) is 18.3. The predicted octanol–water partition coefficient (Wildman–Crippen LogP) is 5.10. The third-order valence-electron chi connectivity index (χ3n) is 9.07. The van der Waals surface area contributed by atoms with Crippen molar-refractivity contribution in [1.82, 2.24) is 0 Å². The molecule has 0 saturated heterocycles. The van der Waals surface area contributed by atoms with E-state index in [1.807, 2.05) is 0 Å². The zero-order valence-electron chi connectivity index (χ0n) is 18.3. The van der Waals surface area contributed by atoms with Crippen molar-refractivity contribution in [2.24, 2.45) is 40.2 Å². The van der Waals surface area contributed by atoms with Gasteiger partial charge in [0.25, 0.3) is 0 Å². The summed E-state index contributed by atoms with van der Waals surface area (Å²) in [5.74, 6) is 2.83. The molecule has 0 aromatic rings. The molecule has 3 heteroatoms. The van der Waals surface area contributed by atoms with Crippen LogP contribution in [0.3, 0.4) is 0 Å². The van der Waals surface area contributed by atoms with Gasteiger partial charge in [-0.1, -0.05) is 58.1 Å². The molecule has 0 radical (unpaired) electrons. The first-order valence-corrected chi connectivity index (χ1v) is 11.6. The summed E-state index contributed by atoms with van der Waals surface area (Å²) in [7, 11) is 0. The summed E-state index contributed by atoms with van der Waals surface area (Å²) in [5.41, 5.74) is 8.87. The maximum absolute atomic E-state index is 14.3. The number of carbonyl (C=O) groups is 1. The summed E-state index contributed by atoms with van der Waals surface area (Å²) in [6.07, 6.45) is 11.9.